The molecule has 0 radical (unpaired) electrons. The van der Waals surface area contributed by atoms with E-state index < -0.39 is 10.1 Å². The number of aromatic nitrogens is 4. The van der Waals surface area contributed by atoms with Crippen LogP contribution in [0.15, 0.2) is 71.6 Å². The third-order valence-corrected chi connectivity index (χ3v) is 6.50. The summed E-state index contributed by atoms with van der Waals surface area (Å²) in [7, 11) is -4.26. The highest BCUT2D eigenvalue weighted by Gasteiger charge is 2.11. The number of nitrogens with zero attached hydrogens (tertiary/aromatic N) is 2. The fourth-order valence-corrected chi connectivity index (χ4v) is 4.54. The van der Waals surface area contributed by atoms with Crippen LogP contribution in [-0.2, 0) is 10.1 Å². The molecule has 0 amide bonds. The van der Waals surface area contributed by atoms with E-state index >= 15 is 0 Å². The molecule has 266 valence electrons. The van der Waals surface area contributed by atoms with Gasteiger partial charge in [-0.2, -0.15) is 8.42 Å². The van der Waals surface area contributed by atoms with Crippen LogP contribution < -0.4 is 0 Å². The molecule has 0 saturated heterocycles. The van der Waals surface area contributed by atoms with E-state index in [0.29, 0.717) is 0 Å². The van der Waals surface area contributed by atoms with Crippen LogP contribution >= 0.6 is 0 Å². The predicted molar refractivity (Wildman–Crippen MR) is 186 cm³/mol. The number of hydrogen-bond donors (Lipinski definition) is 3. The largest absolute Gasteiger partial charge is 0.412 e. The summed E-state index contributed by atoms with van der Waals surface area (Å²) in [5.41, 5.74) is 8.52. The molecule has 21 heteroatoms. The predicted octanol–water partition coefficient (Wildman–Crippen LogP) is -5.24. The molecular formula is C26H44MgN4O15S. The van der Waals surface area contributed by atoms with Crippen LogP contribution in [-0.4, -0.2) is 122 Å². The standard InChI is InChI=1S/C26H18N4O3S.Mg.12H2O.2H/c31-34(32,33)24-9-1-16(2-10-24)25-14-23-13-21-6-5-19(28-21)11-17-3-4-18(27-17)12-20-7-8-22(29-20)15-26(25)30-23;;;;;;;;;;;;;;;/h1-15,27,30H,(H,31,32,33);;12*1H2;;. The zero-order chi connectivity index (χ0) is 23.3. The number of hydrogen-bond acceptors (Lipinski definition) is 4. The topological polar surface area (TPSA) is 490 Å². The third kappa shape index (κ3) is 13.3. The molecule has 0 saturated carbocycles. The Hall–Kier alpha value is -3.98. The van der Waals surface area contributed by atoms with Gasteiger partial charge >= 0.3 is 23.1 Å². The highest BCUT2D eigenvalue weighted by molar-refractivity contribution is 7.85. The van der Waals surface area contributed by atoms with Crippen LogP contribution in [0.4, 0.5) is 0 Å². The first-order chi connectivity index (χ1) is 16.4. The molecule has 27 N–H and O–H groups in total. The lowest BCUT2D eigenvalue weighted by molar-refractivity contribution is 0.483. The van der Waals surface area contributed by atoms with E-state index in [1.54, 1.807) is 12.1 Å². The number of rotatable bonds is 2. The van der Waals surface area contributed by atoms with Crippen LogP contribution in [0.3, 0.4) is 0 Å². The van der Waals surface area contributed by atoms with Gasteiger partial charge in [0.15, 0.2) is 0 Å². The summed E-state index contributed by atoms with van der Waals surface area (Å²) in [4.78, 5) is 16.0. The molecule has 4 aromatic rings. The van der Waals surface area contributed by atoms with Crippen molar-refractivity contribution >= 4 is 79.5 Å². The molecule has 3 aromatic heterocycles. The van der Waals surface area contributed by atoms with Crippen molar-refractivity contribution < 1.29 is 78.7 Å². The summed E-state index contributed by atoms with van der Waals surface area (Å²) in [6.07, 6.45) is 7.81. The molecule has 5 heterocycles. The van der Waals surface area contributed by atoms with Gasteiger partial charge in [0.2, 0.25) is 0 Å². The van der Waals surface area contributed by atoms with E-state index in [1.165, 1.54) is 12.1 Å². The third-order valence-electron chi connectivity index (χ3n) is 5.63. The molecule has 0 fully saturated rings. The summed E-state index contributed by atoms with van der Waals surface area (Å²) in [5, 5.41) is 0. The van der Waals surface area contributed by atoms with Crippen LogP contribution in [0, 0.1) is 0 Å². The summed E-state index contributed by atoms with van der Waals surface area (Å²) in [5.74, 6) is 0. The molecule has 2 aliphatic heterocycles. The van der Waals surface area contributed by atoms with Crippen molar-refractivity contribution in [2.24, 2.45) is 0 Å². The molecule has 0 atom stereocenters. The Kier molecular flexibility index (Phi) is 31.9. The Morgan fingerprint density at radius 3 is 1.28 bits per heavy atom. The lowest BCUT2D eigenvalue weighted by Crippen LogP contribution is -1.97. The van der Waals surface area contributed by atoms with E-state index in [4.69, 9.17) is 4.98 Å². The van der Waals surface area contributed by atoms with Crippen LogP contribution in [0.25, 0.3) is 57.5 Å². The van der Waals surface area contributed by atoms with Crippen molar-refractivity contribution in [3.63, 3.8) is 0 Å². The molecule has 0 spiro atoms. The molecule has 19 nitrogen and oxygen atoms in total. The van der Waals surface area contributed by atoms with E-state index in [9.17, 15) is 13.0 Å². The van der Waals surface area contributed by atoms with Gasteiger partial charge in [0, 0.05) is 27.6 Å². The van der Waals surface area contributed by atoms with Gasteiger partial charge in [-0.05, 0) is 84.5 Å². The van der Waals surface area contributed by atoms with Crippen molar-refractivity contribution in [3.05, 3.63) is 89.5 Å². The van der Waals surface area contributed by atoms with Crippen molar-refractivity contribution in [1.82, 2.24) is 19.9 Å². The van der Waals surface area contributed by atoms with Gasteiger partial charge < -0.3 is 75.7 Å². The van der Waals surface area contributed by atoms with Crippen molar-refractivity contribution in [2.75, 3.05) is 0 Å². The van der Waals surface area contributed by atoms with Crippen LogP contribution in [0.5, 0.6) is 0 Å². The van der Waals surface area contributed by atoms with Gasteiger partial charge in [0.1, 0.15) is 0 Å². The lowest BCUT2D eigenvalue weighted by Gasteiger charge is -2.01. The molecule has 1 aromatic carbocycles. The number of fused-ring (bicyclic) bond motifs is 8. The molecule has 47 heavy (non-hydrogen) atoms. The Bertz CT molecular complexity index is 1810. The second kappa shape index (κ2) is 24.2. The van der Waals surface area contributed by atoms with Crippen LogP contribution in [0.2, 0.25) is 0 Å². The van der Waals surface area contributed by atoms with Gasteiger partial charge in [-0.25, -0.2) is 9.97 Å². The van der Waals surface area contributed by atoms with Gasteiger partial charge in [-0.3, -0.25) is 4.55 Å². The smallest absolute Gasteiger partial charge is 0.316 e. The maximum Gasteiger partial charge on any atom is 0.316 e. The second-order valence-electron chi connectivity index (χ2n) is 8.09. The Balaban J connectivity index is -0.000000195. The number of nitrogens with one attached hydrogen (secondary N) is 2. The number of benzene rings is 1. The lowest BCUT2D eigenvalue weighted by atomic mass is 10.1. The van der Waals surface area contributed by atoms with Crippen molar-refractivity contribution in [1.29, 1.82) is 0 Å². The fourth-order valence-electron chi connectivity index (χ4n) is 4.06. The Morgan fingerprint density at radius 1 is 0.489 bits per heavy atom. The van der Waals surface area contributed by atoms with Gasteiger partial charge in [0.25, 0.3) is 10.1 Å². The first-order valence-electron chi connectivity index (χ1n) is 10.6. The fraction of sp³-hybridized carbons (Fsp3) is 0. The summed E-state index contributed by atoms with van der Waals surface area (Å²) in [6.45, 7) is 0. The maximum atomic E-state index is 11.4. The van der Waals surface area contributed by atoms with Crippen molar-refractivity contribution in [3.8, 4) is 11.1 Å². The first kappa shape index (κ1) is 61.9. The van der Waals surface area contributed by atoms with E-state index in [1.807, 2.05) is 66.8 Å². The molecular weight excluding hydrogens is 665 g/mol. The average Bonchev–Trinajstić information content (AvgIpc) is 3.58. The van der Waals surface area contributed by atoms with E-state index in [-0.39, 0.29) is 93.7 Å². The molecule has 2 aliphatic rings. The minimum Gasteiger partial charge on any atom is -0.412 e. The normalized spacial score (nSPS) is 9.30. The monoisotopic (exact) mass is 708 g/mol. The maximum absolute atomic E-state index is 11.4. The molecule has 8 bridgehead atoms. The second-order valence-corrected chi connectivity index (χ2v) is 9.51. The van der Waals surface area contributed by atoms with Crippen LogP contribution in [0.1, 0.15) is 22.8 Å². The number of aromatic amines is 2. The molecule has 6 rings (SSSR count). The SMILES string of the molecule is O.O.O.O.O.O.O.O.O.O.O.O.O=S(=O)(O)c1ccc(-c2cc3cc4nc(cc5ccc(cc6nc(cc2[nH]3)C=C6)[nH]5)C=C4)cc1.[MgH2]. The Morgan fingerprint density at radius 2 is 0.872 bits per heavy atom. The van der Waals surface area contributed by atoms with E-state index in [0.717, 1.165) is 56.0 Å². The zero-order valence-corrected chi connectivity index (χ0v) is 24.5. The Labute approximate surface area is 283 Å². The number of H-pyrrole nitrogens is 2. The van der Waals surface area contributed by atoms with Crippen molar-refractivity contribution in [2.45, 2.75) is 4.90 Å². The average molecular weight is 709 g/mol. The molecule has 0 aliphatic carbocycles. The molecule has 0 unspecified atom stereocenters. The van der Waals surface area contributed by atoms with Gasteiger partial charge in [-0.1, -0.05) is 12.1 Å². The van der Waals surface area contributed by atoms with Gasteiger partial charge in [-0.15, -0.1) is 0 Å². The first-order valence-corrected chi connectivity index (χ1v) is 12.0. The highest BCUT2D eigenvalue weighted by Crippen LogP contribution is 2.28. The summed E-state index contributed by atoms with van der Waals surface area (Å²) < 4.78 is 32.2. The summed E-state index contributed by atoms with van der Waals surface area (Å²) >= 11 is 0. The zero-order valence-electron chi connectivity index (χ0n) is 23.7. The quantitative estimate of drug-likeness (QED) is 0.117. The van der Waals surface area contributed by atoms with Gasteiger partial charge in [0.05, 0.1) is 27.7 Å². The highest BCUT2D eigenvalue weighted by atomic mass is 32.2. The van der Waals surface area contributed by atoms with E-state index in [2.05, 4.69) is 15.0 Å². The minimum absolute atomic E-state index is 0. The summed E-state index contributed by atoms with van der Waals surface area (Å²) in [6, 6.07) is 20.0. The minimum atomic E-state index is -4.26.